The summed E-state index contributed by atoms with van der Waals surface area (Å²) < 4.78 is 7.39. The van der Waals surface area contributed by atoms with Crippen LogP contribution in [-0.4, -0.2) is 45.5 Å². The first kappa shape index (κ1) is 16.6. The molecule has 134 valence electrons. The summed E-state index contributed by atoms with van der Waals surface area (Å²) in [6, 6.07) is 9.49. The van der Waals surface area contributed by atoms with E-state index in [4.69, 9.17) is 9.72 Å². The highest BCUT2D eigenvalue weighted by atomic mass is 16.5. The summed E-state index contributed by atoms with van der Waals surface area (Å²) in [7, 11) is 3.62. The van der Waals surface area contributed by atoms with Crippen LogP contribution >= 0.6 is 0 Å². The van der Waals surface area contributed by atoms with Crippen molar-refractivity contribution in [1.82, 2.24) is 19.4 Å². The molecule has 1 aliphatic rings. The lowest BCUT2D eigenvalue weighted by atomic mass is 10.1. The molecule has 0 unspecified atom stereocenters. The van der Waals surface area contributed by atoms with E-state index in [2.05, 4.69) is 4.98 Å². The first-order valence-electron chi connectivity index (χ1n) is 8.79. The smallest absolute Gasteiger partial charge is 0.254 e. The normalized spacial score (nSPS) is 17.0. The van der Waals surface area contributed by atoms with Crippen molar-refractivity contribution in [1.29, 1.82) is 0 Å². The van der Waals surface area contributed by atoms with Crippen LogP contribution in [0, 0.1) is 6.92 Å². The van der Waals surface area contributed by atoms with E-state index in [-0.39, 0.29) is 11.8 Å². The number of imidazole rings is 1. The number of nitrogens with zero attached hydrogens (tertiary/aromatic N) is 4. The fraction of sp³-hybridized carbons (Fsp3) is 0.350. The van der Waals surface area contributed by atoms with Gasteiger partial charge in [0.1, 0.15) is 17.1 Å². The third-order valence-electron chi connectivity index (χ3n) is 5.16. The first-order valence-corrected chi connectivity index (χ1v) is 8.79. The fourth-order valence-electron chi connectivity index (χ4n) is 3.70. The largest absolute Gasteiger partial charge is 0.496 e. The minimum atomic E-state index is 0.0442. The van der Waals surface area contributed by atoms with Gasteiger partial charge in [-0.1, -0.05) is 6.07 Å². The van der Waals surface area contributed by atoms with Gasteiger partial charge in [0, 0.05) is 37.8 Å². The molecular weight excluding hydrogens is 328 g/mol. The van der Waals surface area contributed by atoms with E-state index >= 15 is 0 Å². The molecule has 2 aromatic heterocycles. The zero-order valence-electron chi connectivity index (χ0n) is 15.3. The molecule has 3 aromatic rings. The van der Waals surface area contributed by atoms with Crippen molar-refractivity contribution >= 4 is 17.1 Å². The van der Waals surface area contributed by atoms with Crippen LogP contribution in [0.4, 0.5) is 0 Å². The van der Waals surface area contributed by atoms with Gasteiger partial charge >= 0.3 is 0 Å². The molecule has 26 heavy (non-hydrogen) atoms. The van der Waals surface area contributed by atoms with Gasteiger partial charge < -0.3 is 14.2 Å². The van der Waals surface area contributed by atoms with Crippen molar-refractivity contribution in [2.75, 3.05) is 20.2 Å². The number of ether oxygens (including phenoxy) is 1. The Balaban J connectivity index is 1.56. The number of aromatic nitrogens is 3. The molecule has 0 bridgehead atoms. The minimum absolute atomic E-state index is 0.0442. The lowest BCUT2D eigenvalue weighted by Crippen LogP contribution is -2.28. The van der Waals surface area contributed by atoms with Crippen LogP contribution in [0.25, 0.3) is 11.2 Å². The van der Waals surface area contributed by atoms with E-state index in [1.165, 1.54) is 0 Å². The highest BCUT2D eigenvalue weighted by molar-refractivity contribution is 5.95. The Morgan fingerprint density at radius 2 is 2.15 bits per heavy atom. The van der Waals surface area contributed by atoms with Crippen LogP contribution in [0.5, 0.6) is 5.75 Å². The summed E-state index contributed by atoms with van der Waals surface area (Å²) in [5, 5.41) is 0. The number of carbonyl (C=O) groups is 1. The number of hydrogen-bond acceptors (Lipinski definition) is 4. The summed E-state index contributed by atoms with van der Waals surface area (Å²) in [5.74, 6) is 2.01. The van der Waals surface area contributed by atoms with Crippen LogP contribution in [0.15, 0.2) is 36.5 Å². The van der Waals surface area contributed by atoms with Crippen LogP contribution in [0.2, 0.25) is 0 Å². The summed E-state index contributed by atoms with van der Waals surface area (Å²) in [6.45, 7) is 3.38. The maximum atomic E-state index is 12.9. The van der Waals surface area contributed by atoms with Crippen molar-refractivity contribution in [2.45, 2.75) is 19.3 Å². The average Bonchev–Trinajstić information content (AvgIpc) is 3.27. The van der Waals surface area contributed by atoms with Gasteiger partial charge in [0.25, 0.3) is 5.91 Å². The zero-order valence-corrected chi connectivity index (χ0v) is 15.3. The topological polar surface area (TPSA) is 60.2 Å². The summed E-state index contributed by atoms with van der Waals surface area (Å²) in [5.41, 5.74) is 3.48. The van der Waals surface area contributed by atoms with Gasteiger partial charge in [-0.15, -0.1) is 0 Å². The molecule has 1 fully saturated rings. The molecule has 0 aliphatic carbocycles. The molecule has 6 nitrogen and oxygen atoms in total. The number of aryl methyl sites for hydroxylation is 2. The Labute approximate surface area is 152 Å². The SMILES string of the molecule is COc1cc(C(=O)N2CC[C@H](c3nc4cccnc4n3C)C2)ccc1C. The zero-order chi connectivity index (χ0) is 18.3. The van der Waals surface area contributed by atoms with E-state index in [0.29, 0.717) is 12.1 Å². The standard InChI is InChI=1S/C20H22N4O2/c1-13-6-7-14(11-17(13)26-3)20(25)24-10-8-15(12-24)18-22-16-5-4-9-21-19(16)23(18)2/h4-7,9,11,15H,8,10,12H2,1-3H3/t15-/m0/s1. The highest BCUT2D eigenvalue weighted by Crippen LogP contribution is 2.30. The number of hydrogen-bond donors (Lipinski definition) is 0. The van der Waals surface area contributed by atoms with Gasteiger partial charge in [0.2, 0.25) is 0 Å². The number of benzene rings is 1. The monoisotopic (exact) mass is 350 g/mol. The molecular formula is C20H22N4O2. The van der Waals surface area contributed by atoms with Crippen LogP contribution in [0.3, 0.4) is 0 Å². The van der Waals surface area contributed by atoms with Gasteiger partial charge in [-0.25, -0.2) is 9.97 Å². The van der Waals surface area contributed by atoms with Crippen molar-refractivity contribution in [3.8, 4) is 5.75 Å². The summed E-state index contributed by atoms with van der Waals surface area (Å²) in [4.78, 5) is 23.9. The van der Waals surface area contributed by atoms with Gasteiger partial charge in [-0.05, 0) is 43.2 Å². The number of rotatable bonds is 3. The maximum absolute atomic E-state index is 12.9. The number of carbonyl (C=O) groups excluding carboxylic acids is 1. The third kappa shape index (κ3) is 2.71. The number of likely N-dealkylation sites (tertiary alicyclic amines) is 1. The lowest BCUT2D eigenvalue weighted by molar-refractivity contribution is 0.0790. The predicted octanol–water partition coefficient (Wildman–Crippen LogP) is 2.92. The molecule has 0 spiro atoms. The Morgan fingerprint density at radius 1 is 1.31 bits per heavy atom. The molecule has 0 radical (unpaired) electrons. The molecule has 0 N–H and O–H groups in total. The number of methoxy groups -OCH3 is 1. The molecule has 1 atom stereocenters. The van der Waals surface area contributed by atoms with Crippen LogP contribution in [0.1, 0.15) is 34.1 Å². The molecule has 0 saturated carbocycles. The Bertz CT molecular complexity index is 979. The second-order valence-corrected chi connectivity index (χ2v) is 6.80. The van der Waals surface area contributed by atoms with Crippen LogP contribution < -0.4 is 4.74 Å². The van der Waals surface area contributed by atoms with Gasteiger partial charge in [-0.2, -0.15) is 0 Å². The lowest BCUT2D eigenvalue weighted by Gasteiger charge is -2.17. The van der Waals surface area contributed by atoms with E-state index in [9.17, 15) is 4.79 Å². The summed E-state index contributed by atoms with van der Waals surface area (Å²) >= 11 is 0. The molecule has 4 rings (SSSR count). The van der Waals surface area contributed by atoms with E-state index in [1.54, 1.807) is 13.3 Å². The molecule has 6 heteroatoms. The second-order valence-electron chi connectivity index (χ2n) is 6.80. The predicted molar refractivity (Wildman–Crippen MR) is 99.5 cm³/mol. The molecule has 1 saturated heterocycles. The Kier molecular flexibility index (Phi) is 4.11. The van der Waals surface area contributed by atoms with Crippen LogP contribution in [-0.2, 0) is 7.05 Å². The van der Waals surface area contributed by atoms with E-state index in [1.807, 2.05) is 53.8 Å². The number of pyridine rings is 1. The van der Waals surface area contributed by atoms with Crippen molar-refractivity contribution in [3.05, 3.63) is 53.5 Å². The van der Waals surface area contributed by atoms with Gasteiger partial charge in [-0.3, -0.25) is 4.79 Å². The second kappa shape index (κ2) is 6.44. The summed E-state index contributed by atoms with van der Waals surface area (Å²) in [6.07, 6.45) is 2.69. The molecule has 1 aliphatic heterocycles. The highest BCUT2D eigenvalue weighted by Gasteiger charge is 2.31. The van der Waals surface area contributed by atoms with E-state index in [0.717, 1.165) is 41.3 Å². The van der Waals surface area contributed by atoms with Gasteiger partial charge in [0.15, 0.2) is 5.65 Å². The molecule has 3 heterocycles. The van der Waals surface area contributed by atoms with Crippen molar-refractivity contribution in [2.24, 2.45) is 7.05 Å². The average molecular weight is 350 g/mol. The number of fused-ring (bicyclic) bond motifs is 1. The molecule has 1 aromatic carbocycles. The Morgan fingerprint density at radius 3 is 2.92 bits per heavy atom. The van der Waals surface area contributed by atoms with Crippen molar-refractivity contribution in [3.63, 3.8) is 0 Å². The first-order chi connectivity index (χ1) is 12.6. The van der Waals surface area contributed by atoms with Crippen molar-refractivity contribution < 1.29 is 9.53 Å². The minimum Gasteiger partial charge on any atom is -0.496 e. The fourth-order valence-corrected chi connectivity index (χ4v) is 3.70. The maximum Gasteiger partial charge on any atom is 0.254 e. The van der Waals surface area contributed by atoms with Gasteiger partial charge in [0.05, 0.1) is 7.11 Å². The molecule has 1 amide bonds. The number of amides is 1. The Hall–Kier alpha value is -2.89. The quantitative estimate of drug-likeness (QED) is 0.729. The third-order valence-corrected chi connectivity index (χ3v) is 5.16. The van der Waals surface area contributed by atoms with E-state index < -0.39 is 0 Å².